The van der Waals surface area contributed by atoms with Gasteiger partial charge in [-0.05, 0) is 63.4 Å². The molecule has 15 heavy (non-hydrogen) atoms. The maximum atomic E-state index is 5.80. The fraction of sp³-hybridized carbons (Fsp3) is 0.538. The third-order valence-electron chi connectivity index (χ3n) is 2.63. The molecule has 0 fully saturated rings. The van der Waals surface area contributed by atoms with E-state index in [1.807, 2.05) is 6.07 Å². The van der Waals surface area contributed by atoms with Gasteiger partial charge in [-0.3, -0.25) is 0 Å². The number of hydrogen-bond donors (Lipinski definition) is 1. The highest BCUT2D eigenvalue weighted by molar-refractivity contribution is 5.33. The van der Waals surface area contributed by atoms with Crippen LogP contribution in [0.1, 0.15) is 30.9 Å². The van der Waals surface area contributed by atoms with Crippen molar-refractivity contribution in [1.82, 2.24) is 0 Å². The molecule has 1 atom stereocenters. The Morgan fingerprint density at radius 1 is 1.27 bits per heavy atom. The number of nitrogens with two attached hydrogens (primary N) is 1. The van der Waals surface area contributed by atoms with Crippen molar-refractivity contribution in [3.8, 4) is 5.75 Å². The molecule has 0 aliphatic heterocycles. The SMILES string of the molecule is Cc1ccc(OC(C)CCCN)cc1C. The van der Waals surface area contributed by atoms with E-state index in [-0.39, 0.29) is 6.10 Å². The van der Waals surface area contributed by atoms with Crippen molar-refractivity contribution in [2.75, 3.05) is 6.54 Å². The van der Waals surface area contributed by atoms with Gasteiger partial charge in [-0.15, -0.1) is 0 Å². The minimum absolute atomic E-state index is 0.246. The molecule has 0 saturated heterocycles. The molecular formula is C13H21NO. The number of hydrogen-bond acceptors (Lipinski definition) is 2. The molecule has 1 aromatic rings. The number of rotatable bonds is 5. The molecule has 0 aliphatic rings. The fourth-order valence-corrected chi connectivity index (χ4v) is 1.48. The first kappa shape index (κ1) is 12.1. The minimum Gasteiger partial charge on any atom is -0.491 e. The van der Waals surface area contributed by atoms with Crippen LogP contribution in [0.15, 0.2) is 18.2 Å². The Hall–Kier alpha value is -1.02. The highest BCUT2D eigenvalue weighted by Crippen LogP contribution is 2.18. The molecule has 0 spiro atoms. The van der Waals surface area contributed by atoms with E-state index in [1.54, 1.807) is 0 Å². The Labute approximate surface area is 92.4 Å². The van der Waals surface area contributed by atoms with Crippen molar-refractivity contribution < 1.29 is 4.74 Å². The van der Waals surface area contributed by atoms with E-state index in [4.69, 9.17) is 10.5 Å². The number of ether oxygens (including phenoxy) is 1. The van der Waals surface area contributed by atoms with Crippen molar-refractivity contribution >= 4 is 0 Å². The smallest absolute Gasteiger partial charge is 0.119 e. The Bertz CT molecular complexity index is 309. The maximum Gasteiger partial charge on any atom is 0.119 e. The largest absolute Gasteiger partial charge is 0.491 e. The normalized spacial score (nSPS) is 12.5. The van der Waals surface area contributed by atoms with Crippen LogP contribution in [0.3, 0.4) is 0 Å². The van der Waals surface area contributed by atoms with Crippen molar-refractivity contribution in [2.24, 2.45) is 5.73 Å². The zero-order valence-electron chi connectivity index (χ0n) is 9.92. The van der Waals surface area contributed by atoms with Crippen LogP contribution in [-0.2, 0) is 0 Å². The zero-order valence-corrected chi connectivity index (χ0v) is 9.92. The van der Waals surface area contributed by atoms with E-state index in [0.29, 0.717) is 0 Å². The van der Waals surface area contributed by atoms with Crippen LogP contribution in [0.25, 0.3) is 0 Å². The Balaban J connectivity index is 2.53. The molecule has 0 radical (unpaired) electrons. The summed E-state index contributed by atoms with van der Waals surface area (Å²) in [7, 11) is 0. The third-order valence-corrected chi connectivity index (χ3v) is 2.63. The molecule has 1 rings (SSSR count). The van der Waals surface area contributed by atoms with E-state index < -0.39 is 0 Å². The van der Waals surface area contributed by atoms with Crippen LogP contribution >= 0.6 is 0 Å². The van der Waals surface area contributed by atoms with Gasteiger partial charge in [0.2, 0.25) is 0 Å². The van der Waals surface area contributed by atoms with Gasteiger partial charge in [0, 0.05) is 0 Å². The zero-order chi connectivity index (χ0) is 11.3. The van der Waals surface area contributed by atoms with Gasteiger partial charge in [-0.1, -0.05) is 6.07 Å². The lowest BCUT2D eigenvalue weighted by atomic mass is 10.1. The summed E-state index contributed by atoms with van der Waals surface area (Å²) in [5.41, 5.74) is 8.04. The van der Waals surface area contributed by atoms with Crippen LogP contribution in [0.5, 0.6) is 5.75 Å². The molecule has 2 heteroatoms. The second-order valence-corrected chi connectivity index (χ2v) is 4.11. The van der Waals surface area contributed by atoms with Gasteiger partial charge in [0.05, 0.1) is 6.10 Å². The van der Waals surface area contributed by atoms with Crippen molar-refractivity contribution in [3.05, 3.63) is 29.3 Å². The molecular weight excluding hydrogens is 186 g/mol. The summed E-state index contributed by atoms with van der Waals surface area (Å²) < 4.78 is 5.80. The molecule has 0 amide bonds. The monoisotopic (exact) mass is 207 g/mol. The average Bonchev–Trinajstić information content (AvgIpc) is 2.20. The van der Waals surface area contributed by atoms with Gasteiger partial charge in [0.15, 0.2) is 0 Å². The maximum absolute atomic E-state index is 5.80. The second-order valence-electron chi connectivity index (χ2n) is 4.11. The van der Waals surface area contributed by atoms with E-state index in [2.05, 4.69) is 32.9 Å². The van der Waals surface area contributed by atoms with Crippen molar-refractivity contribution in [3.63, 3.8) is 0 Å². The Morgan fingerprint density at radius 3 is 2.60 bits per heavy atom. The van der Waals surface area contributed by atoms with Gasteiger partial charge in [-0.2, -0.15) is 0 Å². The van der Waals surface area contributed by atoms with E-state index >= 15 is 0 Å². The summed E-state index contributed by atoms with van der Waals surface area (Å²) in [6.07, 6.45) is 2.28. The van der Waals surface area contributed by atoms with Crippen LogP contribution in [0.4, 0.5) is 0 Å². The van der Waals surface area contributed by atoms with Crippen LogP contribution in [0.2, 0.25) is 0 Å². The first-order valence-electron chi connectivity index (χ1n) is 5.57. The predicted molar refractivity (Wildman–Crippen MR) is 64.3 cm³/mol. The standard InChI is InChI=1S/C13H21NO/c1-10-6-7-13(9-11(10)2)15-12(3)5-4-8-14/h6-7,9,12H,4-5,8,14H2,1-3H3. The molecule has 0 heterocycles. The predicted octanol–water partition coefficient (Wildman–Crippen LogP) is 2.81. The molecule has 0 aliphatic carbocycles. The first-order valence-corrected chi connectivity index (χ1v) is 5.57. The van der Waals surface area contributed by atoms with E-state index in [0.717, 1.165) is 25.1 Å². The summed E-state index contributed by atoms with van der Waals surface area (Å²) in [4.78, 5) is 0. The van der Waals surface area contributed by atoms with E-state index in [9.17, 15) is 0 Å². The summed E-state index contributed by atoms with van der Waals surface area (Å²) in [6.45, 7) is 7.04. The molecule has 0 saturated carbocycles. The molecule has 0 aromatic heterocycles. The number of benzene rings is 1. The molecule has 1 unspecified atom stereocenters. The minimum atomic E-state index is 0.246. The van der Waals surface area contributed by atoms with Gasteiger partial charge in [0.1, 0.15) is 5.75 Å². The molecule has 0 bridgehead atoms. The Morgan fingerprint density at radius 2 is 2.00 bits per heavy atom. The van der Waals surface area contributed by atoms with Gasteiger partial charge >= 0.3 is 0 Å². The Kier molecular flexibility index (Phi) is 4.63. The average molecular weight is 207 g/mol. The van der Waals surface area contributed by atoms with Gasteiger partial charge in [0.25, 0.3) is 0 Å². The lowest BCUT2D eigenvalue weighted by Crippen LogP contribution is -2.13. The molecule has 1 aromatic carbocycles. The molecule has 84 valence electrons. The van der Waals surface area contributed by atoms with Crippen molar-refractivity contribution in [2.45, 2.75) is 39.7 Å². The first-order chi connectivity index (χ1) is 7.13. The van der Waals surface area contributed by atoms with Crippen LogP contribution in [0, 0.1) is 13.8 Å². The van der Waals surface area contributed by atoms with Gasteiger partial charge in [-0.25, -0.2) is 0 Å². The lowest BCUT2D eigenvalue weighted by molar-refractivity contribution is 0.208. The topological polar surface area (TPSA) is 35.2 Å². The summed E-state index contributed by atoms with van der Waals surface area (Å²) in [5, 5.41) is 0. The summed E-state index contributed by atoms with van der Waals surface area (Å²) in [5.74, 6) is 0.961. The van der Waals surface area contributed by atoms with Crippen LogP contribution in [-0.4, -0.2) is 12.6 Å². The highest BCUT2D eigenvalue weighted by atomic mass is 16.5. The highest BCUT2D eigenvalue weighted by Gasteiger charge is 2.04. The third kappa shape index (κ3) is 3.92. The second kappa shape index (κ2) is 5.76. The van der Waals surface area contributed by atoms with Crippen LogP contribution < -0.4 is 10.5 Å². The van der Waals surface area contributed by atoms with Gasteiger partial charge < -0.3 is 10.5 Å². The summed E-state index contributed by atoms with van der Waals surface area (Å²) in [6, 6.07) is 6.22. The molecule has 2 nitrogen and oxygen atoms in total. The lowest BCUT2D eigenvalue weighted by Gasteiger charge is -2.15. The van der Waals surface area contributed by atoms with E-state index in [1.165, 1.54) is 11.1 Å². The fourth-order valence-electron chi connectivity index (χ4n) is 1.48. The van der Waals surface area contributed by atoms with Crippen molar-refractivity contribution in [1.29, 1.82) is 0 Å². The molecule has 2 N–H and O–H groups in total. The number of aryl methyl sites for hydroxylation is 2. The summed E-state index contributed by atoms with van der Waals surface area (Å²) >= 11 is 0. The quantitative estimate of drug-likeness (QED) is 0.805.